The Morgan fingerprint density at radius 1 is 0.839 bits per heavy atom. The van der Waals surface area contributed by atoms with Crippen LogP contribution in [0.25, 0.3) is 17.2 Å². The van der Waals surface area contributed by atoms with Crippen molar-refractivity contribution in [2.45, 2.75) is 26.4 Å². The first-order valence-electron chi connectivity index (χ1n) is 10.4. The molecule has 0 aliphatic heterocycles. The first-order valence-corrected chi connectivity index (χ1v) is 10.4. The van der Waals surface area contributed by atoms with Gasteiger partial charge in [0.05, 0.1) is 6.61 Å². The van der Waals surface area contributed by atoms with Gasteiger partial charge in [-0.3, -0.25) is 0 Å². The van der Waals surface area contributed by atoms with Crippen LogP contribution in [-0.4, -0.2) is 24.8 Å². The summed E-state index contributed by atoms with van der Waals surface area (Å²) in [6.45, 7) is 5.92. The second-order valence-corrected chi connectivity index (χ2v) is 7.51. The van der Waals surface area contributed by atoms with Gasteiger partial charge in [-0.2, -0.15) is 0 Å². The van der Waals surface area contributed by atoms with Crippen LogP contribution >= 0.6 is 0 Å². The zero-order valence-electron chi connectivity index (χ0n) is 18.2. The van der Waals surface area contributed by atoms with E-state index in [1.165, 1.54) is 11.1 Å². The van der Waals surface area contributed by atoms with E-state index in [9.17, 15) is 4.79 Å². The van der Waals surface area contributed by atoms with Gasteiger partial charge in [0.25, 0.3) is 0 Å². The summed E-state index contributed by atoms with van der Waals surface area (Å²) in [4.78, 5) is 11.9. The van der Waals surface area contributed by atoms with E-state index in [0.29, 0.717) is 19.0 Å². The molecule has 0 unspecified atom stereocenters. The number of carbonyl (C=O) groups is 1. The molecule has 0 fully saturated rings. The van der Waals surface area contributed by atoms with E-state index in [2.05, 4.69) is 36.4 Å². The standard InChI is InChI=1S/C27H28O4/c1-4-29-26(28)27(2,3)31-25-18-16-24(17-19-25)30-20-8-9-21-12-14-23(15-13-21)22-10-6-5-7-11-22/h5-19H,4,20H2,1-3H3/b9-8+. The van der Waals surface area contributed by atoms with Crippen LogP contribution in [0.5, 0.6) is 11.5 Å². The zero-order chi connectivity index (χ0) is 22.1. The largest absolute Gasteiger partial charge is 0.490 e. The quantitative estimate of drug-likeness (QED) is 0.392. The minimum atomic E-state index is -1.04. The molecule has 0 radical (unpaired) electrons. The van der Waals surface area contributed by atoms with Crippen LogP contribution in [0, 0.1) is 0 Å². The highest BCUT2D eigenvalue weighted by molar-refractivity contribution is 5.79. The van der Waals surface area contributed by atoms with Crippen molar-refractivity contribution in [3.63, 3.8) is 0 Å². The smallest absolute Gasteiger partial charge is 0.349 e. The average Bonchev–Trinajstić information content (AvgIpc) is 2.79. The molecule has 3 rings (SSSR count). The van der Waals surface area contributed by atoms with Crippen molar-refractivity contribution in [1.82, 2.24) is 0 Å². The van der Waals surface area contributed by atoms with Crippen LogP contribution in [0.15, 0.2) is 84.9 Å². The Labute approximate surface area is 184 Å². The molecule has 160 valence electrons. The second kappa shape index (κ2) is 10.5. The molecule has 4 heteroatoms. The molecule has 0 aromatic heterocycles. The molecule has 3 aromatic rings. The minimum Gasteiger partial charge on any atom is -0.490 e. The number of hydrogen-bond donors (Lipinski definition) is 0. The van der Waals surface area contributed by atoms with Crippen LogP contribution < -0.4 is 9.47 Å². The summed E-state index contributed by atoms with van der Waals surface area (Å²) in [6, 6.07) is 25.9. The summed E-state index contributed by atoms with van der Waals surface area (Å²) >= 11 is 0. The van der Waals surface area contributed by atoms with Gasteiger partial charge in [0, 0.05) is 0 Å². The van der Waals surface area contributed by atoms with Crippen LogP contribution in [0.3, 0.4) is 0 Å². The number of hydrogen-bond acceptors (Lipinski definition) is 4. The average molecular weight is 417 g/mol. The van der Waals surface area contributed by atoms with Crippen molar-refractivity contribution in [1.29, 1.82) is 0 Å². The predicted octanol–water partition coefficient (Wildman–Crippen LogP) is 6.17. The molecule has 3 aromatic carbocycles. The molecule has 4 nitrogen and oxygen atoms in total. The van der Waals surface area contributed by atoms with E-state index >= 15 is 0 Å². The van der Waals surface area contributed by atoms with Crippen LogP contribution in [0.2, 0.25) is 0 Å². The van der Waals surface area contributed by atoms with Gasteiger partial charge >= 0.3 is 5.97 Å². The van der Waals surface area contributed by atoms with Crippen molar-refractivity contribution in [3.05, 3.63) is 90.5 Å². The van der Waals surface area contributed by atoms with Gasteiger partial charge in [-0.1, -0.05) is 60.7 Å². The number of rotatable bonds is 9. The molecule has 0 atom stereocenters. The van der Waals surface area contributed by atoms with Crippen molar-refractivity contribution in [2.75, 3.05) is 13.2 Å². The number of benzene rings is 3. The fourth-order valence-corrected chi connectivity index (χ4v) is 2.99. The Bertz CT molecular complexity index is 988. The van der Waals surface area contributed by atoms with Crippen molar-refractivity contribution in [2.24, 2.45) is 0 Å². The lowest BCUT2D eigenvalue weighted by Crippen LogP contribution is -2.39. The third-order valence-electron chi connectivity index (χ3n) is 4.64. The zero-order valence-corrected chi connectivity index (χ0v) is 18.2. The molecule has 0 N–H and O–H groups in total. The lowest BCUT2D eigenvalue weighted by Gasteiger charge is -2.24. The predicted molar refractivity (Wildman–Crippen MR) is 124 cm³/mol. The summed E-state index contributed by atoms with van der Waals surface area (Å²) in [5, 5.41) is 0. The van der Waals surface area contributed by atoms with E-state index in [-0.39, 0.29) is 0 Å². The van der Waals surface area contributed by atoms with E-state index in [1.807, 2.05) is 42.5 Å². The third kappa shape index (κ3) is 6.48. The van der Waals surface area contributed by atoms with Crippen LogP contribution in [0.4, 0.5) is 0 Å². The van der Waals surface area contributed by atoms with Gasteiger partial charge in [-0.05, 0) is 67.8 Å². The molecular weight excluding hydrogens is 388 g/mol. The van der Waals surface area contributed by atoms with Gasteiger partial charge in [-0.25, -0.2) is 4.79 Å². The van der Waals surface area contributed by atoms with E-state index in [1.54, 1.807) is 32.9 Å². The lowest BCUT2D eigenvalue weighted by atomic mass is 10.0. The SMILES string of the molecule is CCOC(=O)C(C)(C)Oc1ccc(OC/C=C/c2ccc(-c3ccccc3)cc2)cc1. The highest BCUT2D eigenvalue weighted by Crippen LogP contribution is 2.23. The molecule has 0 aliphatic rings. The molecule has 31 heavy (non-hydrogen) atoms. The summed E-state index contributed by atoms with van der Waals surface area (Å²) < 4.78 is 16.5. The Morgan fingerprint density at radius 3 is 2.10 bits per heavy atom. The topological polar surface area (TPSA) is 44.8 Å². The fraction of sp³-hybridized carbons (Fsp3) is 0.222. The van der Waals surface area contributed by atoms with Crippen molar-refractivity contribution in [3.8, 4) is 22.6 Å². The number of ether oxygens (including phenoxy) is 3. The monoisotopic (exact) mass is 416 g/mol. The van der Waals surface area contributed by atoms with Crippen molar-refractivity contribution < 1.29 is 19.0 Å². The van der Waals surface area contributed by atoms with E-state index in [0.717, 1.165) is 11.3 Å². The maximum atomic E-state index is 11.9. The fourth-order valence-electron chi connectivity index (χ4n) is 2.99. The summed E-state index contributed by atoms with van der Waals surface area (Å²) in [7, 11) is 0. The molecule has 0 saturated heterocycles. The minimum absolute atomic E-state index is 0.323. The molecule has 0 aliphatic carbocycles. The van der Waals surface area contributed by atoms with Gasteiger partial charge in [0.15, 0.2) is 5.60 Å². The molecule has 0 saturated carbocycles. The van der Waals surface area contributed by atoms with Crippen LogP contribution in [0.1, 0.15) is 26.3 Å². The Kier molecular flexibility index (Phi) is 7.50. The first-order chi connectivity index (χ1) is 15.0. The third-order valence-corrected chi connectivity index (χ3v) is 4.64. The summed E-state index contributed by atoms with van der Waals surface area (Å²) in [5.74, 6) is 0.919. The van der Waals surface area contributed by atoms with E-state index in [4.69, 9.17) is 14.2 Å². The van der Waals surface area contributed by atoms with Gasteiger partial charge in [-0.15, -0.1) is 0 Å². The Hall–Kier alpha value is -3.53. The summed E-state index contributed by atoms with van der Waals surface area (Å²) in [6.07, 6.45) is 4.01. The van der Waals surface area contributed by atoms with Gasteiger partial charge in [0.1, 0.15) is 18.1 Å². The Balaban J connectivity index is 1.49. The highest BCUT2D eigenvalue weighted by Gasteiger charge is 2.31. The molecular formula is C27H28O4. The maximum absolute atomic E-state index is 11.9. The molecule has 0 bridgehead atoms. The normalized spacial score (nSPS) is 11.3. The molecule has 0 amide bonds. The highest BCUT2D eigenvalue weighted by atomic mass is 16.6. The van der Waals surface area contributed by atoms with Crippen molar-refractivity contribution >= 4 is 12.0 Å². The first kappa shape index (κ1) is 22.2. The lowest BCUT2D eigenvalue weighted by molar-refractivity contribution is -0.158. The summed E-state index contributed by atoms with van der Waals surface area (Å²) in [5.41, 5.74) is 2.48. The maximum Gasteiger partial charge on any atom is 0.349 e. The second-order valence-electron chi connectivity index (χ2n) is 7.51. The number of carbonyl (C=O) groups excluding carboxylic acids is 1. The number of esters is 1. The van der Waals surface area contributed by atoms with Crippen LogP contribution in [-0.2, 0) is 9.53 Å². The van der Waals surface area contributed by atoms with E-state index < -0.39 is 11.6 Å². The molecule has 0 spiro atoms. The van der Waals surface area contributed by atoms with Gasteiger partial charge in [0.2, 0.25) is 0 Å². The van der Waals surface area contributed by atoms with Gasteiger partial charge < -0.3 is 14.2 Å². The Morgan fingerprint density at radius 2 is 1.45 bits per heavy atom. The molecule has 0 heterocycles.